The van der Waals surface area contributed by atoms with E-state index < -0.39 is 16.2 Å². The molecule has 2 rings (SSSR count). The van der Waals surface area contributed by atoms with Crippen LogP contribution < -0.4 is 0 Å². The van der Waals surface area contributed by atoms with Crippen LogP contribution >= 0.6 is 11.6 Å². The minimum absolute atomic E-state index is 0.426. The highest BCUT2D eigenvalue weighted by molar-refractivity contribution is 7.86. The van der Waals surface area contributed by atoms with Crippen LogP contribution in [0.5, 0.6) is 0 Å². The Labute approximate surface area is 129 Å². The summed E-state index contributed by atoms with van der Waals surface area (Å²) in [6, 6.07) is 7.49. The largest absolute Gasteiger partial charge is 0.335 e. The monoisotopic (exact) mass is 328 g/mol. The Kier molecular flexibility index (Phi) is 5.39. The molecule has 21 heavy (non-hydrogen) atoms. The van der Waals surface area contributed by atoms with Gasteiger partial charge in [-0.1, -0.05) is 23.7 Å². The van der Waals surface area contributed by atoms with E-state index in [1.165, 1.54) is 0 Å². The standard InChI is InChI=1S/C14H17ClN2O3S/c1-21(18,19)20-14(10-17-9-8-16-11-17)7-4-12-2-5-13(15)6-3-12/h2-3,5-6,8-9,11,14H,4,7,10H2,1H3. The number of aryl methyl sites for hydroxylation is 1. The maximum Gasteiger partial charge on any atom is 0.264 e. The van der Waals surface area contributed by atoms with Gasteiger partial charge in [-0.3, -0.25) is 4.18 Å². The molecular weight excluding hydrogens is 312 g/mol. The molecule has 1 unspecified atom stereocenters. The van der Waals surface area contributed by atoms with Gasteiger partial charge >= 0.3 is 0 Å². The van der Waals surface area contributed by atoms with Crippen molar-refractivity contribution in [2.45, 2.75) is 25.5 Å². The molecule has 0 radical (unpaired) electrons. The van der Waals surface area contributed by atoms with E-state index in [-0.39, 0.29) is 0 Å². The van der Waals surface area contributed by atoms with E-state index in [0.717, 1.165) is 11.8 Å². The molecule has 0 aliphatic carbocycles. The van der Waals surface area contributed by atoms with Crippen molar-refractivity contribution < 1.29 is 12.6 Å². The van der Waals surface area contributed by atoms with Crippen molar-refractivity contribution in [1.82, 2.24) is 9.55 Å². The molecule has 0 amide bonds. The van der Waals surface area contributed by atoms with Crippen molar-refractivity contribution in [3.63, 3.8) is 0 Å². The van der Waals surface area contributed by atoms with Crippen molar-refractivity contribution >= 4 is 21.7 Å². The Balaban J connectivity index is 1.99. The van der Waals surface area contributed by atoms with Gasteiger partial charge in [-0.2, -0.15) is 8.42 Å². The van der Waals surface area contributed by atoms with Gasteiger partial charge in [-0.15, -0.1) is 0 Å². The molecule has 1 heterocycles. The predicted molar refractivity (Wildman–Crippen MR) is 81.7 cm³/mol. The summed E-state index contributed by atoms with van der Waals surface area (Å²) >= 11 is 5.84. The fraction of sp³-hybridized carbons (Fsp3) is 0.357. The molecule has 7 heteroatoms. The van der Waals surface area contributed by atoms with Gasteiger partial charge in [0.1, 0.15) is 0 Å². The van der Waals surface area contributed by atoms with E-state index in [1.807, 2.05) is 24.3 Å². The molecule has 0 fully saturated rings. The van der Waals surface area contributed by atoms with Crippen LogP contribution in [0.1, 0.15) is 12.0 Å². The molecule has 114 valence electrons. The molecule has 2 aromatic rings. The van der Waals surface area contributed by atoms with E-state index in [9.17, 15) is 8.42 Å². The summed E-state index contributed by atoms with van der Waals surface area (Å²) in [5, 5.41) is 0.682. The molecule has 0 aliphatic heterocycles. The second-order valence-electron chi connectivity index (χ2n) is 4.85. The van der Waals surface area contributed by atoms with Crippen molar-refractivity contribution in [3.05, 3.63) is 53.6 Å². The van der Waals surface area contributed by atoms with Gasteiger partial charge in [0.15, 0.2) is 0 Å². The highest BCUT2D eigenvalue weighted by Gasteiger charge is 2.16. The third-order valence-electron chi connectivity index (χ3n) is 2.95. The van der Waals surface area contributed by atoms with Crippen LogP contribution in [0.15, 0.2) is 43.0 Å². The lowest BCUT2D eigenvalue weighted by Crippen LogP contribution is -2.23. The summed E-state index contributed by atoms with van der Waals surface area (Å²) in [5.74, 6) is 0. The SMILES string of the molecule is CS(=O)(=O)OC(CCc1ccc(Cl)cc1)Cn1ccnc1. The van der Waals surface area contributed by atoms with E-state index >= 15 is 0 Å². The third kappa shape index (κ3) is 5.87. The first kappa shape index (κ1) is 16.0. The zero-order valence-electron chi connectivity index (χ0n) is 11.6. The smallest absolute Gasteiger partial charge is 0.264 e. The molecule has 1 aromatic heterocycles. The van der Waals surface area contributed by atoms with Crippen LogP contribution in [0.2, 0.25) is 5.02 Å². The maximum absolute atomic E-state index is 11.4. The quantitative estimate of drug-likeness (QED) is 0.733. The highest BCUT2D eigenvalue weighted by Crippen LogP contribution is 2.14. The van der Waals surface area contributed by atoms with Crippen molar-refractivity contribution in [2.24, 2.45) is 0 Å². The number of halogens is 1. The Morgan fingerprint density at radius 3 is 2.62 bits per heavy atom. The minimum atomic E-state index is -3.49. The first-order valence-electron chi connectivity index (χ1n) is 6.51. The second kappa shape index (κ2) is 7.06. The number of hydrogen-bond acceptors (Lipinski definition) is 4. The van der Waals surface area contributed by atoms with E-state index in [4.69, 9.17) is 15.8 Å². The summed E-state index contributed by atoms with van der Waals surface area (Å²) in [5.41, 5.74) is 1.09. The topological polar surface area (TPSA) is 61.2 Å². The predicted octanol–water partition coefficient (Wildman–Crippen LogP) is 2.51. The van der Waals surface area contributed by atoms with Gasteiger partial charge in [0.2, 0.25) is 0 Å². The second-order valence-corrected chi connectivity index (χ2v) is 6.88. The van der Waals surface area contributed by atoms with Gasteiger partial charge < -0.3 is 4.57 Å². The van der Waals surface area contributed by atoms with Gasteiger partial charge in [-0.05, 0) is 30.5 Å². The van der Waals surface area contributed by atoms with Crippen molar-refractivity contribution in [1.29, 1.82) is 0 Å². The van der Waals surface area contributed by atoms with Gasteiger partial charge in [0.25, 0.3) is 10.1 Å². The van der Waals surface area contributed by atoms with Crippen LogP contribution in [0.25, 0.3) is 0 Å². The molecule has 0 aliphatic rings. The first-order chi connectivity index (χ1) is 9.92. The summed E-state index contributed by atoms with van der Waals surface area (Å²) < 4.78 is 29.7. The normalized spacial score (nSPS) is 13.2. The fourth-order valence-corrected chi connectivity index (χ4v) is 2.80. The van der Waals surface area contributed by atoms with Crippen molar-refractivity contribution in [2.75, 3.05) is 6.26 Å². The molecular formula is C14H17ClN2O3S. The number of rotatable bonds is 7. The number of hydrogen-bond donors (Lipinski definition) is 0. The van der Waals surface area contributed by atoms with Crippen LogP contribution in [-0.2, 0) is 27.3 Å². The summed E-state index contributed by atoms with van der Waals surface area (Å²) in [4.78, 5) is 3.94. The van der Waals surface area contributed by atoms with E-state index in [2.05, 4.69) is 4.98 Å². The van der Waals surface area contributed by atoms with Crippen molar-refractivity contribution in [3.8, 4) is 0 Å². The lowest BCUT2D eigenvalue weighted by atomic mass is 10.1. The van der Waals surface area contributed by atoms with Crippen LogP contribution in [0, 0.1) is 0 Å². The minimum Gasteiger partial charge on any atom is -0.335 e. The van der Waals surface area contributed by atoms with Crippen LogP contribution in [0.4, 0.5) is 0 Å². The van der Waals surface area contributed by atoms with Crippen LogP contribution in [0.3, 0.4) is 0 Å². The number of nitrogens with zero attached hydrogens (tertiary/aromatic N) is 2. The molecule has 0 N–H and O–H groups in total. The Morgan fingerprint density at radius 2 is 2.05 bits per heavy atom. The lowest BCUT2D eigenvalue weighted by Gasteiger charge is -2.16. The van der Waals surface area contributed by atoms with Gasteiger partial charge in [0.05, 0.1) is 25.2 Å². The fourth-order valence-electron chi connectivity index (χ4n) is 2.03. The Morgan fingerprint density at radius 1 is 1.33 bits per heavy atom. The third-order valence-corrected chi connectivity index (χ3v) is 3.83. The zero-order chi connectivity index (χ0) is 15.3. The number of aromatic nitrogens is 2. The molecule has 1 atom stereocenters. The van der Waals surface area contributed by atoms with Crippen LogP contribution in [-0.4, -0.2) is 30.3 Å². The number of benzene rings is 1. The summed E-state index contributed by atoms with van der Waals surface area (Å²) in [6.45, 7) is 0.445. The summed E-state index contributed by atoms with van der Waals surface area (Å²) in [7, 11) is -3.49. The molecule has 0 saturated carbocycles. The van der Waals surface area contributed by atoms with Gasteiger partial charge in [-0.25, -0.2) is 4.98 Å². The van der Waals surface area contributed by atoms with E-state index in [0.29, 0.717) is 24.4 Å². The lowest BCUT2D eigenvalue weighted by molar-refractivity contribution is 0.180. The zero-order valence-corrected chi connectivity index (χ0v) is 13.2. The average molecular weight is 329 g/mol. The molecule has 1 aromatic carbocycles. The van der Waals surface area contributed by atoms with E-state index in [1.54, 1.807) is 23.3 Å². The molecule has 0 spiro atoms. The van der Waals surface area contributed by atoms with Gasteiger partial charge in [0, 0.05) is 17.4 Å². The molecule has 5 nitrogen and oxygen atoms in total. The average Bonchev–Trinajstić information content (AvgIpc) is 2.89. The Bertz CT molecular complexity index is 654. The Hall–Kier alpha value is -1.37. The molecule has 0 saturated heterocycles. The first-order valence-corrected chi connectivity index (χ1v) is 8.70. The maximum atomic E-state index is 11.4. The summed E-state index contributed by atoms with van der Waals surface area (Å²) in [6.07, 6.45) is 7.01. The highest BCUT2D eigenvalue weighted by atomic mass is 35.5. The molecule has 0 bridgehead atoms. The number of imidazole rings is 1.